The maximum atomic E-state index is 9.28. The Kier molecular flexibility index (Phi) is 2.44. The third kappa shape index (κ3) is 1.80. The Morgan fingerprint density at radius 2 is 2.00 bits per heavy atom. The van der Waals surface area contributed by atoms with Gasteiger partial charge in [-0.15, -0.1) is 0 Å². The molecule has 0 fully saturated rings. The van der Waals surface area contributed by atoms with Crippen LogP contribution in [-0.4, -0.2) is 17.3 Å². The number of nitrogens with two attached hydrogens (primary N) is 1. The summed E-state index contributed by atoms with van der Waals surface area (Å²) in [5, 5.41) is 9.28. The van der Waals surface area contributed by atoms with Gasteiger partial charge in [-0.2, -0.15) is 0 Å². The maximum absolute atomic E-state index is 9.28. The fourth-order valence-electron chi connectivity index (χ4n) is 0.236. The van der Waals surface area contributed by atoms with Crippen molar-refractivity contribution in [2.24, 2.45) is 11.7 Å². The lowest BCUT2D eigenvalue weighted by Crippen LogP contribution is -2.39. The van der Waals surface area contributed by atoms with Gasteiger partial charge in [-0.25, -0.2) is 0 Å². The van der Waals surface area contributed by atoms with Crippen molar-refractivity contribution in [3.8, 4) is 0 Å². The van der Waals surface area contributed by atoms with Crippen LogP contribution in [0.2, 0.25) is 0 Å². The van der Waals surface area contributed by atoms with Crippen molar-refractivity contribution >= 4 is 0 Å². The van der Waals surface area contributed by atoms with E-state index in [1.807, 2.05) is 13.8 Å². The lowest BCUT2D eigenvalue weighted by Gasteiger charge is -2.25. The molecule has 0 amide bonds. The van der Waals surface area contributed by atoms with E-state index in [2.05, 4.69) is 0 Å². The monoisotopic (exact) mass is 117 g/mol. The summed E-state index contributed by atoms with van der Waals surface area (Å²) in [6, 6.07) is 0. The standard InChI is InChI=1S/C6H15NO/c1-5(2)6(3,8)4-7/h5,8H,4,7H2,1-3H3. The summed E-state index contributed by atoms with van der Waals surface area (Å²) in [4.78, 5) is 0. The Hall–Kier alpha value is -0.0800. The zero-order chi connectivity index (χ0) is 6.78. The Balaban J connectivity index is 3.71. The largest absolute Gasteiger partial charge is 0.389 e. The van der Waals surface area contributed by atoms with Crippen molar-refractivity contribution in [2.45, 2.75) is 26.4 Å². The average Bonchev–Trinajstić information content (AvgIpc) is 1.67. The second kappa shape index (κ2) is 2.46. The van der Waals surface area contributed by atoms with Crippen LogP contribution in [0.5, 0.6) is 0 Å². The zero-order valence-electron chi connectivity index (χ0n) is 5.81. The van der Waals surface area contributed by atoms with Gasteiger partial charge in [0.25, 0.3) is 0 Å². The van der Waals surface area contributed by atoms with Crippen LogP contribution < -0.4 is 5.73 Å². The Bertz CT molecular complexity index is 68.9. The molecule has 0 saturated heterocycles. The van der Waals surface area contributed by atoms with Crippen molar-refractivity contribution in [3.05, 3.63) is 0 Å². The highest BCUT2D eigenvalue weighted by atomic mass is 16.3. The van der Waals surface area contributed by atoms with Crippen LogP contribution in [0, 0.1) is 5.92 Å². The molecule has 0 aromatic rings. The summed E-state index contributed by atoms with van der Waals surface area (Å²) in [5.74, 6) is 0.243. The van der Waals surface area contributed by atoms with Gasteiger partial charge in [0.15, 0.2) is 0 Å². The molecule has 8 heavy (non-hydrogen) atoms. The van der Waals surface area contributed by atoms with Gasteiger partial charge in [-0.05, 0) is 12.8 Å². The molecule has 3 N–H and O–H groups in total. The fourth-order valence-corrected chi connectivity index (χ4v) is 0.236. The quantitative estimate of drug-likeness (QED) is 0.548. The Labute approximate surface area is 50.7 Å². The highest BCUT2D eigenvalue weighted by Crippen LogP contribution is 2.12. The van der Waals surface area contributed by atoms with Crippen LogP contribution in [0.1, 0.15) is 20.8 Å². The first-order valence-electron chi connectivity index (χ1n) is 2.93. The summed E-state index contributed by atoms with van der Waals surface area (Å²) in [5.41, 5.74) is 4.58. The number of hydrogen-bond acceptors (Lipinski definition) is 2. The summed E-state index contributed by atoms with van der Waals surface area (Å²) in [7, 11) is 0. The van der Waals surface area contributed by atoms with Crippen LogP contribution in [0.25, 0.3) is 0 Å². The molecule has 0 aromatic heterocycles. The minimum absolute atomic E-state index is 0.243. The molecule has 2 nitrogen and oxygen atoms in total. The van der Waals surface area contributed by atoms with E-state index < -0.39 is 5.60 Å². The third-order valence-electron chi connectivity index (χ3n) is 1.66. The molecule has 0 aromatic carbocycles. The first kappa shape index (κ1) is 7.92. The molecule has 0 saturated carbocycles. The van der Waals surface area contributed by atoms with Gasteiger partial charge in [0.2, 0.25) is 0 Å². The molecular weight excluding hydrogens is 102 g/mol. The topological polar surface area (TPSA) is 46.2 Å². The normalized spacial score (nSPS) is 18.8. The van der Waals surface area contributed by atoms with Crippen LogP contribution in [0.4, 0.5) is 0 Å². The Morgan fingerprint density at radius 1 is 1.62 bits per heavy atom. The van der Waals surface area contributed by atoms with E-state index in [9.17, 15) is 5.11 Å². The molecule has 0 rings (SSSR count). The van der Waals surface area contributed by atoms with Gasteiger partial charge in [0.1, 0.15) is 0 Å². The van der Waals surface area contributed by atoms with E-state index in [1.165, 1.54) is 0 Å². The molecule has 0 aliphatic carbocycles. The number of rotatable bonds is 2. The van der Waals surface area contributed by atoms with Crippen LogP contribution >= 0.6 is 0 Å². The predicted octanol–water partition coefficient (Wildman–Crippen LogP) is 0.352. The van der Waals surface area contributed by atoms with Gasteiger partial charge >= 0.3 is 0 Å². The van der Waals surface area contributed by atoms with Crippen molar-refractivity contribution in [1.82, 2.24) is 0 Å². The third-order valence-corrected chi connectivity index (χ3v) is 1.66. The molecule has 0 spiro atoms. The van der Waals surface area contributed by atoms with E-state index in [0.717, 1.165) is 0 Å². The first-order valence-corrected chi connectivity index (χ1v) is 2.93. The molecule has 0 heterocycles. The molecule has 0 aliphatic heterocycles. The van der Waals surface area contributed by atoms with E-state index in [0.29, 0.717) is 6.54 Å². The van der Waals surface area contributed by atoms with Crippen molar-refractivity contribution in [1.29, 1.82) is 0 Å². The van der Waals surface area contributed by atoms with Crippen molar-refractivity contribution < 1.29 is 5.11 Å². The zero-order valence-corrected chi connectivity index (χ0v) is 5.81. The summed E-state index contributed by atoms with van der Waals surface area (Å²) in [6.07, 6.45) is 0. The van der Waals surface area contributed by atoms with E-state index in [1.54, 1.807) is 6.92 Å². The highest BCUT2D eigenvalue weighted by molar-refractivity contribution is 4.76. The molecule has 50 valence electrons. The molecule has 1 atom stereocenters. The number of aliphatic hydroxyl groups is 1. The van der Waals surface area contributed by atoms with Crippen LogP contribution in [-0.2, 0) is 0 Å². The number of hydrogen-bond donors (Lipinski definition) is 2. The second-order valence-corrected chi connectivity index (χ2v) is 2.72. The Morgan fingerprint density at radius 3 is 2.00 bits per heavy atom. The fraction of sp³-hybridized carbons (Fsp3) is 1.00. The lowest BCUT2D eigenvalue weighted by atomic mass is 9.93. The van der Waals surface area contributed by atoms with Crippen LogP contribution in [0.3, 0.4) is 0 Å². The molecule has 0 aliphatic rings. The van der Waals surface area contributed by atoms with E-state index in [-0.39, 0.29) is 5.92 Å². The van der Waals surface area contributed by atoms with Gasteiger partial charge in [0, 0.05) is 6.54 Å². The smallest absolute Gasteiger partial charge is 0.0764 e. The van der Waals surface area contributed by atoms with Crippen molar-refractivity contribution in [2.75, 3.05) is 6.54 Å². The highest BCUT2D eigenvalue weighted by Gasteiger charge is 2.21. The van der Waals surface area contributed by atoms with E-state index >= 15 is 0 Å². The van der Waals surface area contributed by atoms with Gasteiger partial charge in [-0.3, -0.25) is 0 Å². The lowest BCUT2D eigenvalue weighted by molar-refractivity contribution is 0.0225. The molecule has 0 radical (unpaired) electrons. The average molecular weight is 117 g/mol. The van der Waals surface area contributed by atoms with Gasteiger partial charge in [-0.1, -0.05) is 13.8 Å². The molecule has 0 bridgehead atoms. The first-order chi connectivity index (χ1) is 3.50. The molecule has 1 unspecified atom stereocenters. The summed E-state index contributed by atoms with van der Waals surface area (Å²) in [6.45, 7) is 5.99. The maximum Gasteiger partial charge on any atom is 0.0764 e. The summed E-state index contributed by atoms with van der Waals surface area (Å²) >= 11 is 0. The van der Waals surface area contributed by atoms with Crippen LogP contribution in [0.15, 0.2) is 0 Å². The van der Waals surface area contributed by atoms with Gasteiger partial charge in [0.05, 0.1) is 5.60 Å². The molecule has 2 heteroatoms. The van der Waals surface area contributed by atoms with E-state index in [4.69, 9.17) is 5.73 Å². The minimum atomic E-state index is -0.681. The van der Waals surface area contributed by atoms with Crippen molar-refractivity contribution in [3.63, 3.8) is 0 Å². The second-order valence-electron chi connectivity index (χ2n) is 2.72. The van der Waals surface area contributed by atoms with Gasteiger partial charge < -0.3 is 10.8 Å². The minimum Gasteiger partial charge on any atom is -0.389 e. The predicted molar refractivity (Wildman–Crippen MR) is 34.5 cm³/mol. The SMILES string of the molecule is CC(C)C(C)(O)CN. The molecular formula is C6H15NO. The summed E-state index contributed by atoms with van der Waals surface area (Å²) < 4.78 is 0.